The molecule has 3 aliphatic rings. The van der Waals surface area contributed by atoms with E-state index in [-0.39, 0.29) is 35.6 Å². The minimum absolute atomic E-state index is 0.0386. The average molecular weight is 378 g/mol. The van der Waals surface area contributed by atoms with E-state index < -0.39 is 0 Å². The van der Waals surface area contributed by atoms with Crippen LogP contribution in [0.25, 0.3) is 0 Å². The van der Waals surface area contributed by atoms with Crippen LogP contribution >= 0.6 is 0 Å². The van der Waals surface area contributed by atoms with E-state index in [1.807, 2.05) is 18.7 Å². The lowest BCUT2D eigenvalue weighted by Gasteiger charge is -2.36. The molecule has 2 saturated heterocycles. The highest BCUT2D eigenvalue weighted by Crippen LogP contribution is 2.25. The molecule has 0 aromatic carbocycles. The van der Waals surface area contributed by atoms with Crippen LogP contribution in [0.5, 0.6) is 0 Å². The van der Waals surface area contributed by atoms with Crippen molar-refractivity contribution in [2.24, 2.45) is 11.8 Å². The van der Waals surface area contributed by atoms with Gasteiger partial charge >= 0.3 is 0 Å². The second-order valence-corrected chi connectivity index (χ2v) is 8.81. The zero-order valence-corrected chi connectivity index (χ0v) is 16.9. The molecule has 1 N–H and O–H groups in total. The van der Waals surface area contributed by atoms with Crippen LogP contribution in [0, 0.1) is 11.8 Å². The molecule has 27 heavy (non-hydrogen) atoms. The molecular formula is C21H35N3O3. The van der Waals surface area contributed by atoms with Crippen LogP contribution in [0.4, 0.5) is 0 Å². The van der Waals surface area contributed by atoms with Crippen molar-refractivity contribution in [2.45, 2.75) is 83.7 Å². The number of piperidine rings is 1. The fourth-order valence-corrected chi connectivity index (χ4v) is 4.79. The Morgan fingerprint density at radius 1 is 0.889 bits per heavy atom. The van der Waals surface area contributed by atoms with Gasteiger partial charge in [0.1, 0.15) is 6.04 Å². The smallest absolute Gasteiger partial charge is 0.245 e. The maximum Gasteiger partial charge on any atom is 0.245 e. The molecule has 6 heteroatoms. The first-order chi connectivity index (χ1) is 13.0. The summed E-state index contributed by atoms with van der Waals surface area (Å²) in [6.45, 7) is 5.64. The number of nitrogens with zero attached hydrogens (tertiary/aromatic N) is 2. The normalized spacial score (nSPS) is 27.1. The van der Waals surface area contributed by atoms with Gasteiger partial charge in [-0.1, -0.05) is 33.1 Å². The monoisotopic (exact) mass is 377 g/mol. The van der Waals surface area contributed by atoms with Crippen molar-refractivity contribution < 1.29 is 14.4 Å². The Kier molecular flexibility index (Phi) is 6.77. The van der Waals surface area contributed by atoms with E-state index >= 15 is 0 Å². The highest BCUT2D eigenvalue weighted by Gasteiger charge is 2.39. The Balaban J connectivity index is 1.57. The highest BCUT2D eigenvalue weighted by atomic mass is 16.2. The van der Waals surface area contributed by atoms with E-state index in [2.05, 4.69) is 5.32 Å². The molecule has 0 aromatic heterocycles. The van der Waals surface area contributed by atoms with Crippen LogP contribution in [-0.2, 0) is 14.4 Å². The van der Waals surface area contributed by atoms with Gasteiger partial charge in [-0.15, -0.1) is 0 Å². The SMILES string of the molecule is CC(C)C(=O)N1CCCC1C(=O)N1CCCC(C(=O)NC2CCCCC2)C1. The van der Waals surface area contributed by atoms with Crippen LogP contribution in [0.1, 0.15) is 71.6 Å². The molecule has 0 aromatic rings. The fraction of sp³-hybridized carbons (Fsp3) is 0.857. The maximum atomic E-state index is 13.1. The van der Waals surface area contributed by atoms with Crippen molar-refractivity contribution in [3.63, 3.8) is 0 Å². The molecule has 0 spiro atoms. The molecule has 0 radical (unpaired) electrons. The topological polar surface area (TPSA) is 69.7 Å². The summed E-state index contributed by atoms with van der Waals surface area (Å²) in [5, 5.41) is 3.22. The van der Waals surface area contributed by atoms with Crippen molar-refractivity contribution in [1.82, 2.24) is 15.1 Å². The number of carbonyl (C=O) groups is 3. The summed E-state index contributed by atoms with van der Waals surface area (Å²) in [5.41, 5.74) is 0. The molecule has 2 aliphatic heterocycles. The summed E-state index contributed by atoms with van der Waals surface area (Å²) < 4.78 is 0. The lowest BCUT2D eigenvalue weighted by atomic mass is 9.92. The Morgan fingerprint density at radius 3 is 2.30 bits per heavy atom. The molecule has 2 unspecified atom stereocenters. The van der Waals surface area contributed by atoms with Gasteiger partial charge in [-0.3, -0.25) is 14.4 Å². The van der Waals surface area contributed by atoms with Gasteiger partial charge in [-0.2, -0.15) is 0 Å². The lowest BCUT2D eigenvalue weighted by molar-refractivity contribution is -0.147. The minimum atomic E-state index is -0.333. The van der Waals surface area contributed by atoms with Crippen molar-refractivity contribution >= 4 is 17.7 Å². The van der Waals surface area contributed by atoms with Gasteiger partial charge in [0.15, 0.2) is 0 Å². The fourth-order valence-electron chi connectivity index (χ4n) is 4.79. The second-order valence-electron chi connectivity index (χ2n) is 8.81. The third-order valence-corrected chi connectivity index (χ3v) is 6.37. The van der Waals surface area contributed by atoms with E-state index in [9.17, 15) is 14.4 Å². The van der Waals surface area contributed by atoms with Crippen LogP contribution in [0.3, 0.4) is 0 Å². The van der Waals surface area contributed by atoms with Gasteiger partial charge in [0.25, 0.3) is 0 Å². The number of nitrogens with one attached hydrogen (secondary N) is 1. The Morgan fingerprint density at radius 2 is 1.59 bits per heavy atom. The maximum absolute atomic E-state index is 13.1. The highest BCUT2D eigenvalue weighted by molar-refractivity contribution is 5.89. The van der Waals surface area contributed by atoms with Gasteiger partial charge in [0.2, 0.25) is 17.7 Å². The van der Waals surface area contributed by atoms with E-state index in [0.717, 1.165) is 38.5 Å². The van der Waals surface area contributed by atoms with E-state index in [1.165, 1.54) is 19.3 Å². The molecule has 3 rings (SSSR count). The van der Waals surface area contributed by atoms with E-state index in [0.29, 0.717) is 25.7 Å². The molecule has 6 nitrogen and oxygen atoms in total. The molecular weight excluding hydrogens is 342 g/mol. The van der Waals surface area contributed by atoms with E-state index in [1.54, 1.807) is 4.90 Å². The van der Waals surface area contributed by atoms with Gasteiger partial charge in [0, 0.05) is 31.6 Å². The molecule has 2 atom stereocenters. The number of likely N-dealkylation sites (tertiary alicyclic amines) is 2. The third kappa shape index (κ3) is 4.82. The van der Waals surface area contributed by atoms with Crippen LogP contribution in [-0.4, -0.2) is 59.2 Å². The largest absolute Gasteiger partial charge is 0.353 e. The zero-order chi connectivity index (χ0) is 19.4. The van der Waals surface area contributed by atoms with Crippen molar-refractivity contribution in [3.8, 4) is 0 Å². The van der Waals surface area contributed by atoms with Gasteiger partial charge in [-0.25, -0.2) is 0 Å². The Bertz CT molecular complexity index is 557. The number of hydrogen-bond donors (Lipinski definition) is 1. The summed E-state index contributed by atoms with van der Waals surface area (Å²) in [6.07, 6.45) is 9.15. The summed E-state index contributed by atoms with van der Waals surface area (Å²) >= 11 is 0. The summed E-state index contributed by atoms with van der Waals surface area (Å²) in [6, 6.07) is -0.0219. The molecule has 0 bridgehead atoms. The predicted octanol–water partition coefficient (Wildman–Crippen LogP) is 2.32. The summed E-state index contributed by atoms with van der Waals surface area (Å²) in [7, 11) is 0. The van der Waals surface area contributed by atoms with Gasteiger partial charge in [0.05, 0.1) is 5.92 Å². The van der Waals surface area contributed by atoms with Gasteiger partial charge in [-0.05, 0) is 38.5 Å². The number of carbonyl (C=O) groups excluding carboxylic acids is 3. The first kappa shape index (κ1) is 20.2. The van der Waals surface area contributed by atoms with Crippen LogP contribution in [0.15, 0.2) is 0 Å². The first-order valence-corrected chi connectivity index (χ1v) is 10.9. The average Bonchev–Trinajstić information content (AvgIpc) is 3.17. The molecule has 3 amide bonds. The zero-order valence-electron chi connectivity index (χ0n) is 16.9. The van der Waals surface area contributed by atoms with Crippen molar-refractivity contribution in [1.29, 1.82) is 0 Å². The lowest BCUT2D eigenvalue weighted by Crippen LogP contribution is -2.53. The Hall–Kier alpha value is -1.59. The molecule has 152 valence electrons. The van der Waals surface area contributed by atoms with Crippen LogP contribution in [0.2, 0.25) is 0 Å². The number of hydrogen-bond acceptors (Lipinski definition) is 3. The molecule has 1 saturated carbocycles. The minimum Gasteiger partial charge on any atom is -0.353 e. The van der Waals surface area contributed by atoms with E-state index in [4.69, 9.17) is 0 Å². The summed E-state index contributed by atoms with van der Waals surface area (Å²) in [4.78, 5) is 41.8. The second kappa shape index (κ2) is 9.07. The molecule has 3 fully saturated rings. The quantitative estimate of drug-likeness (QED) is 0.817. The summed E-state index contributed by atoms with van der Waals surface area (Å²) in [5.74, 6) is 0.0149. The number of rotatable bonds is 4. The van der Waals surface area contributed by atoms with Crippen molar-refractivity contribution in [3.05, 3.63) is 0 Å². The van der Waals surface area contributed by atoms with Crippen molar-refractivity contribution in [2.75, 3.05) is 19.6 Å². The predicted molar refractivity (Wildman–Crippen MR) is 104 cm³/mol. The standard InChI is InChI=1S/C21H35N3O3/c1-15(2)20(26)24-13-7-11-18(24)21(27)23-12-6-8-16(14-23)19(25)22-17-9-4-3-5-10-17/h15-18H,3-14H2,1-2H3,(H,22,25). The molecule has 2 heterocycles. The Labute approximate surface area is 163 Å². The third-order valence-electron chi connectivity index (χ3n) is 6.37. The first-order valence-electron chi connectivity index (χ1n) is 10.9. The number of amides is 3. The van der Waals surface area contributed by atoms with Gasteiger partial charge < -0.3 is 15.1 Å². The molecule has 1 aliphatic carbocycles. The van der Waals surface area contributed by atoms with Crippen LogP contribution < -0.4 is 5.32 Å².